The number of aryl methyl sites for hydroxylation is 2. The molecule has 1 aliphatic rings. The van der Waals surface area contributed by atoms with Crippen molar-refractivity contribution in [1.82, 2.24) is 4.90 Å². The summed E-state index contributed by atoms with van der Waals surface area (Å²) in [6.07, 6.45) is 2.09. The standard InChI is InChI=1S/C22H25ClN4O4/c1-14-3-4-15(2)19(11-14)25-22(29)13-26(17-6-7-17)10-9-21(28)24-18-8-5-16(23)12-20(18)27(30)31/h3-5,8,11-12,17H,6-7,9-10,13H2,1-2H3,(H,24,28)(H,25,29). The van der Waals surface area contributed by atoms with Gasteiger partial charge in [-0.05, 0) is 56.0 Å². The second kappa shape index (κ2) is 9.89. The molecule has 1 fully saturated rings. The van der Waals surface area contributed by atoms with Gasteiger partial charge in [-0.2, -0.15) is 0 Å². The molecule has 0 saturated heterocycles. The maximum Gasteiger partial charge on any atom is 0.294 e. The third-order valence-electron chi connectivity index (χ3n) is 5.13. The SMILES string of the molecule is Cc1ccc(C)c(NC(=O)CN(CCC(=O)Nc2ccc(Cl)cc2[N+](=O)[O-])C2CC2)c1. The largest absolute Gasteiger partial charge is 0.325 e. The van der Waals surface area contributed by atoms with Gasteiger partial charge in [-0.1, -0.05) is 23.7 Å². The number of nitro benzene ring substituents is 1. The molecule has 1 aliphatic carbocycles. The molecule has 0 aromatic heterocycles. The summed E-state index contributed by atoms with van der Waals surface area (Å²) >= 11 is 5.81. The molecule has 2 N–H and O–H groups in total. The van der Waals surface area contributed by atoms with Gasteiger partial charge in [0.15, 0.2) is 0 Å². The Morgan fingerprint density at radius 1 is 1.10 bits per heavy atom. The lowest BCUT2D eigenvalue weighted by Gasteiger charge is -2.21. The fourth-order valence-electron chi connectivity index (χ4n) is 3.29. The Balaban J connectivity index is 1.56. The van der Waals surface area contributed by atoms with Gasteiger partial charge >= 0.3 is 0 Å². The van der Waals surface area contributed by atoms with Crippen molar-refractivity contribution in [3.8, 4) is 0 Å². The number of halogens is 1. The van der Waals surface area contributed by atoms with Crippen LogP contribution in [0.2, 0.25) is 5.02 Å². The number of carbonyl (C=O) groups excluding carboxylic acids is 2. The first-order valence-corrected chi connectivity index (χ1v) is 10.5. The molecule has 164 valence electrons. The molecular weight excluding hydrogens is 420 g/mol. The van der Waals surface area contributed by atoms with E-state index in [4.69, 9.17) is 11.6 Å². The molecule has 0 aliphatic heterocycles. The second-order valence-electron chi connectivity index (χ2n) is 7.78. The third-order valence-corrected chi connectivity index (χ3v) is 5.37. The lowest BCUT2D eigenvalue weighted by molar-refractivity contribution is -0.383. The van der Waals surface area contributed by atoms with E-state index in [0.29, 0.717) is 6.54 Å². The van der Waals surface area contributed by atoms with E-state index in [-0.39, 0.29) is 47.2 Å². The molecule has 2 aromatic carbocycles. The number of amides is 2. The van der Waals surface area contributed by atoms with Crippen LogP contribution >= 0.6 is 11.6 Å². The topological polar surface area (TPSA) is 105 Å². The predicted octanol–water partition coefficient (Wildman–Crippen LogP) is 4.30. The van der Waals surface area contributed by atoms with E-state index in [9.17, 15) is 19.7 Å². The van der Waals surface area contributed by atoms with Crippen molar-refractivity contribution >= 4 is 40.5 Å². The van der Waals surface area contributed by atoms with Crippen molar-refractivity contribution < 1.29 is 14.5 Å². The van der Waals surface area contributed by atoms with E-state index >= 15 is 0 Å². The van der Waals surface area contributed by atoms with Gasteiger partial charge in [-0.15, -0.1) is 0 Å². The molecule has 3 rings (SSSR count). The third kappa shape index (κ3) is 6.50. The van der Waals surface area contributed by atoms with E-state index < -0.39 is 4.92 Å². The Bertz CT molecular complexity index is 1010. The first-order valence-electron chi connectivity index (χ1n) is 10.1. The molecule has 1 saturated carbocycles. The second-order valence-corrected chi connectivity index (χ2v) is 8.22. The summed E-state index contributed by atoms with van der Waals surface area (Å²) in [5.41, 5.74) is 2.68. The molecule has 0 radical (unpaired) electrons. The van der Waals surface area contributed by atoms with Gasteiger partial charge in [0.25, 0.3) is 5.69 Å². The average Bonchev–Trinajstić information content (AvgIpc) is 3.54. The van der Waals surface area contributed by atoms with Crippen LogP contribution in [-0.2, 0) is 9.59 Å². The molecule has 2 amide bonds. The number of hydrogen-bond acceptors (Lipinski definition) is 5. The Kier molecular flexibility index (Phi) is 7.25. The van der Waals surface area contributed by atoms with Crippen molar-refractivity contribution in [2.45, 2.75) is 39.2 Å². The fourth-order valence-corrected chi connectivity index (χ4v) is 3.46. The van der Waals surface area contributed by atoms with Crippen molar-refractivity contribution in [1.29, 1.82) is 0 Å². The van der Waals surface area contributed by atoms with Crippen LogP contribution in [0.1, 0.15) is 30.4 Å². The van der Waals surface area contributed by atoms with E-state index in [1.165, 1.54) is 18.2 Å². The predicted molar refractivity (Wildman–Crippen MR) is 120 cm³/mol. The number of anilines is 2. The van der Waals surface area contributed by atoms with Gasteiger partial charge in [-0.3, -0.25) is 24.6 Å². The zero-order chi connectivity index (χ0) is 22.5. The van der Waals surface area contributed by atoms with Crippen LogP contribution in [0, 0.1) is 24.0 Å². The van der Waals surface area contributed by atoms with E-state index in [0.717, 1.165) is 29.7 Å². The van der Waals surface area contributed by atoms with Crippen LogP contribution < -0.4 is 10.6 Å². The van der Waals surface area contributed by atoms with Crippen LogP contribution in [0.3, 0.4) is 0 Å². The van der Waals surface area contributed by atoms with Gasteiger partial charge in [0.2, 0.25) is 11.8 Å². The number of nitro groups is 1. The van der Waals surface area contributed by atoms with E-state index in [1.807, 2.05) is 36.9 Å². The number of nitrogens with zero attached hydrogens (tertiary/aromatic N) is 2. The van der Waals surface area contributed by atoms with Crippen molar-refractivity contribution in [3.63, 3.8) is 0 Å². The van der Waals surface area contributed by atoms with Gasteiger partial charge in [0, 0.05) is 35.8 Å². The van der Waals surface area contributed by atoms with Crippen molar-refractivity contribution in [3.05, 3.63) is 62.7 Å². The first-order chi connectivity index (χ1) is 14.7. The summed E-state index contributed by atoms with van der Waals surface area (Å²) in [4.78, 5) is 37.5. The summed E-state index contributed by atoms with van der Waals surface area (Å²) in [5.74, 6) is -0.486. The molecule has 0 heterocycles. The van der Waals surface area contributed by atoms with Gasteiger partial charge < -0.3 is 10.6 Å². The van der Waals surface area contributed by atoms with E-state index in [1.54, 1.807) is 0 Å². The Hall–Kier alpha value is -2.97. The van der Waals surface area contributed by atoms with Crippen LogP contribution in [0.15, 0.2) is 36.4 Å². The summed E-state index contributed by atoms with van der Waals surface area (Å²) in [6, 6.07) is 10.3. The monoisotopic (exact) mass is 444 g/mol. The highest BCUT2D eigenvalue weighted by atomic mass is 35.5. The fraction of sp³-hybridized carbons (Fsp3) is 0.364. The summed E-state index contributed by atoms with van der Waals surface area (Å²) in [5, 5.41) is 16.9. The van der Waals surface area contributed by atoms with E-state index in [2.05, 4.69) is 10.6 Å². The van der Waals surface area contributed by atoms with Gasteiger partial charge in [0.05, 0.1) is 11.5 Å². The highest BCUT2D eigenvalue weighted by molar-refractivity contribution is 6.31. The number of rotatable bonds is 9. The normalized spacial score (nSPS) is 13.2. The maximum absolute atomic E-state index is 12.6. The minimum absolute atomic E-state index is 0.102. The van der Waals surface area contributed by atoms with Crippen molar-refractivity contribution in [2.24, 2.45) is 0 Å². The van der Waals surface area contributed by atoms with Crippen LogP contribution in [-0.4, -0.2) is 40.8 Å². The van der Waals surface area contributed by atoms with Gasteiger partial charge in [-0.25, -0.2) is 0 Å². The smallest absolute Gasteiger partial charge is 0.294 e. The average molecular weight is 445 g/mol. The Labute approximate surface area is 185 Å². The lowest BCUT2D eigenvalue weighted by Crippen LogP contribution is -2.37. The lowest BCUT2D eigenvalue weighted by atomic mass is 10.1. The molecule has 0 spiro atoms. The number of benzene rings is 2. The van der Waals surface area contributed by atoms with Crippen molar-refractivity contribution in [2.75, 3.05) is 23.7 Å². The molecule has 2 aromatic rings. The number of hydrogen-bond donors (Lipinski definition) is 2. The quantitative estimate of drug-likeness (QED) is 0.443. The van der Waals surface area contributed by atoms with Crippen LogP contribution in [0.5, 0.6) is 0 Å². The van der Waals surface area contributed by atoms with Gasteiger partial charge in [0.1, 0.15) is 5.69 Å². The molecular formula is C22H25ClN4O4. The zero-order valence-electron chi connectivity index (χ0n) is 17.5. The summed E-state index contributed by atoms with van der Waals surface area (Å²) in [6.45, 7) is 4.48. The minimum atomic E-state index is -0.588. The molecule has 0 unspecified atom stereocenters. The minimum Gasteiger partial charge on any atom is -0.325 e. The Morgan fingerprint density at radius 3 is 2.48 bits per heavy atom. The number of nitrogens with one attached hydrogen (secondary N) is 2. The summed E-state index contributed by atoms with van der Waals surface area (Å²) < 4.78 is 0. The Morgan fingerprint density at radius 2 is 1.81 bits per heavy atom. The number of carbonyl (C=O) groups is 2. The highest BCUT2D eigenvalue weighted by Crippen LogP contribution is 2.29. The molecule has 0 atom stereocenters. The van der Waals surface area contributed by atoms with Crippen LogP contribution in [0.25, 0.3) is 0 Å². The molecule has 31 heavy (non-hydrogen) atoms. The molecule has 8 nitrogen and oxygen atoms in total. The zero-order valence-corrected chi connectivity index (χ0v) is 18.2. The highest BCUT2D eigenvalue weighted by Gasteiger charge is 2.30. The first kappa shape index (κ1) is 22.7. The summed E-state index contributed by atoms with van der Waals surface area (Å²) in [7, 11) is 0. The van der Waals surface area contributed by atoms with Crippen LogP contribution in [0.4, 0.5) is 17.1 Å². The molecule has 9 heteroatoms. The molecule has 0 bridgehead atoms. The maximum atomic E-state index is 12.6.